The van der Waals surface area contributed by atoms with Gasteiger partial charge in [0.15, 0.2) is 0 Å². The number of rotatable bonds is 3. The highest BCUT2D eigenvalue weighted by molar-refractivity contribution is 9.09. The Kier molecular flexibility index (Phi) is 4.56. The van der Waals surface area contributed by atoms with Crippen molar-refractivity contribution >= 4 is 22.0 Å². The molecule has 1 amide bonds. The molecule has 0 spiro atoms. The molecule has 1 fully saturated rings. The van der Waals surface area contributed by atoms with E-state index >= 15 is 0 Å². The third kappa shape index (κ3) is 3.55. The van der Waals surface area contributed by atoms with E-state index in [4.69, 9.17) is 5.11 Å². The molecule has 1 aliphatic rings. The first-order chi connectivity index (χ1) is 6.24. The highest BCUT2D eigenvalue weighted by Crippen LogP contribution is 2.21. The van der Waals surface area contributed by atoms with Crippen molar-refractivity contribution in [3.8, 4) is 0 Å². The largest absolute Gasteiger partial charge is 0.465 e. The number of carboxylic acid groups (broad SMARTS) is 1. The van der Waals surface area contributed by atoms with Crippen molar-refractivity contribution in [3.63, 3.8) is 0 Å². The summed E-state index contributed by atoms with van der Waals surface area (Å²) in [5.41, 5.74) is 0. The molecule has 0 saturated carbocycles. The molecule has 1 rings (SSSR count). The van der Waals surface area contributed by atoms with E-state index in [1.54, 1.807) is 4.90 Å². The van der Waals surface area contributed by atoms with E-state index in [-0.39, 0.29) is 0 Å². The van der Waals surface area contributed by atoms with Crippen LogP contribution in [0.3, 0.4) is 0 Å². The summed E-state index contributed by atoms with van der Waals surface area (Å²) in [5.74, 6) is 0.586. The number of halogens is 1. The van der Waals surface area contributed by atoms with Crippen LogP contribution in [0.2, 0.25) is 0 Å². The van der Waals surface area contributed by atoms with Gasteiger partial charge in [-0.1, -0.05) is 15.9 Å². The van der Waals surface area contributed by atoms with Crippen LogP contribution in [0.4, 0.5) is 4.79 Å². The summed E-state index contributed by atoms with van der Waals surface area (Å²) < 4.78 is 0. The van der Waals surface area contributed by atoms with Crippen molar-refractivity contribution in [2.24, 2.45) is 5.92 Å². The summed E-state index contributed by atoms with van der Waals surface area (Å²) in [6.07, 6.45) is 3.76. The zero-order valence-electron chi connectivity index (χ0n) is 7.71. The van der Waals surface area contributed by atoms with Crippen LogP contribution in [-0.4, -0.2) is 34.5 Å². The van der Waals surface area contributed by atoms with Crippen LogP contribution >= 0.6 is 15.9 Å². The van der Waals surface area contributed by atoms with Crippen LogP contribution in [-0.2, 0) is 0 Å². The molecule has 1 aliphatic heterocycles. The number of hydrogen-bond donors (Lipinski definition) is 1. The number of nitrogens with zero attached hydrogens (tertiary/aromatic N) is 1. The summed E-state index contributed by atoms with van der Waals surface area (Å²) in [6, 6.07) is 0. The van der Waals surface area contributed by atoms with Gasteiger partial charge in [0.25, 0.3) is 0 Å². The molecule has 13 heavy (non-hydrogen) atoms. The lowest BCUT2D eigenvalue weighted by atomic mass is 9.94. The van der Waals surface area contributed by atoms with Crippen LogP contribution in [0.5, 0.6) is 0 Å². The molecule has 1 N–H and O–H groups in total. The highest BCUT2D eigenvalue weighted by atomic mass is 79.9. The van der Waals surface area contributed by atoms with Crippen molar-refractivity contribution in [1.29, 1.82) is 0 Å². The monoisotopic (exact) mass is 249 g/mol. The van der Waals surface area contributed by atoms with E-state index in [0.29, 0.717) is 5.92 Å². The summed E-state index contributed by atoms with van der Waals surface area (Å²) >= 11 is 3.39. The molecule has 1 atom stereocenters. The fourth-order valence-electron chi connectivity index (χ4n) is 1.84. The lowest BCUT2D eigenvalue weighted by Crippen LogP contribution is -2.38. The van der Waals surface area contributed by atoms with Gasteiger partial charge in [-0.05, 0) is 31.6 Å². The Labute approximate surface area is 87.2 Å². The van der Waals surface area contributed by atoms with Crippen LogP contribution in [0, 0.1) is 5.92 Å². The molecule has 1 heterocycles. The lowest BCUT2D eigenvalue weighted by molar-refractivity contribution is 0.118. The van der Waals surface area contributed by atoms with Gasteiger partial charge in [-0.3, -0.25) is 0 Å². The van der Waals surface area contributed by atoms with Crippen LogP contribution in [0.15, 0.2) is 0 Å². The van der Waals surface area contributed by atoms with E-state index in [9.17, 15) is 4.79 Å². The lowest BCUT2D eigenvalue weighted by Gasteiger charge is -2.30. The minimum atomic E-state index is -0.761. The minimum absolute atomic E-state index is 0.586. The van der Waals surface area contributed by atoms with Crippen LogP contribution in [0.1, 0.15) is 25.7 Å². The molecule has 1 unspecified atom stereocenters. The number of likely N-dealkylation sites (tertiary alicyclic amines) is 1. The van der Waals surface area contributed by atoms with Gasteiger partial charge in [0, 0.05) is 18.4 Å². The number of amides is 1. The fourth-order valence-corrected chi connectivity index (χ4v) is 2.16. The van der Waals surface area contributed by atoms with Gasteiger partial charge in [-0.2, -0.15) is 0 Å². The third-order valence-corrected chi connectivity index (χ3v) is 3.10. The Hall–Kier alpha value is -0.250. The number of alkyl halides is 1. The first-order valence-electron chi connectivity index (χ1n) is 4.78. The second kappa shape index (κ2) is 5.47. The molecule has 1 saturated heterocycles. The number of hydrogen-bond acceptors (Lipinski definition) is 1. The predicted molar refractivity (Wildman–Crippen MR) is 55.3 cm³/mol. The van der Waals surface area contributed by atoms with Crippen LogP contribution < -0.4 is 0 Å². The second-order valence-electron chi connectivity index (χ2n) is 3.57. The third-order valence-electron chi connectivity index (χ3n) is 2.54. The Bertz CT molecular complexity index is 175. The Morgan fingerprint density at radius 1 is 1.62 bits per heavy atom. The summed E-state index contributed by atoms with van der Waals surface area (Å²) in [7, 11) is 0. The van der Waals surface area contributed by atoms with Gasteiger partial charge in [-0.25, -0.2) is 4.79 Å². The molecular formula is C9H16BrNO2. The molecule has 0 aromatic carbocycles. The average Bonchev–Trinajstić information content (AvgIpc) is 2.15. The van der Waals surface area contributed by atoms with E-state index in [0.717, 1.165) is 37.7 Å². The maximum Gasteiger partial charge on any atom is 0.407 e. The Morgan fingerprint density at radius 2 is 2.38 bits per heavy atom. The quantitative estimate of drug-likeness (QED) is 0.782. The number of piperidine rings is 1. The van der Waals surface area contributed by atoms with Gasteiger partial charge in [-0.15, -0.1) is 0 Å². The molecule has 0 radical (unpaired) electrons. The summed E-state index contributed by atoms with van der Waals surface area (Å²) in [5, 5.41) is 9.82. The van der Waals surface area contributed by atoms with Gasteiger partial charge in [0.05, 0.1) is 0 Å². The van der Waals surface area contributed by atoms with E-state index in [1.807, 2.05) is 0 Å². The molecule has 0 aromatic heterocycles. The normalized spacial score (nSPS) is 23.2. The van der Waals surface area contributed by atoms with Crippen molar-refractivity contribution < 1.29 is 9.90 Å². The Balaban J connectivity index is 2.29. The maximum atomic E-state index is 10.7. The van der Waals surface area contributed by atoms with Gasteiger partial charge in [0.1, 0.15) is 0 Å². The van der Waals surface area contributed by atoms with Gasteiger partial charge >= 0.3 is 6.09 Å². The predicted octanol–water partition coefficient (Wildman–Crippen LogP) is 2.55. The highest BCUT2D eigenvalue weighted by Gasteiger charge is 2.22. The van der Waals surface area contributed by atoms with E-state index < -0.39 is 6.09 Å². The van der Waals surface area contributed by atoms with Gasteiger partial charge in [0.2, 0.25) is 0 Å². The first-order valence-corrected chi connectivity index (χ1v) is 5.90. The SMILES string of the molecule is O=C(O)N1CCCC(CCCBr)C1. The molecule has 76 valence electrons. The van der Waals surface area contributed by atoms with Crippen LogP contribution in [0.25, 0.3) is 0 Å². The Morgan fingerprint density at radius 3 is 3.00 bits per heavy atom. The smallest absolute Gasteiger partial charge is 0.407 e. The molecule has 3 nitrogen and oxygen atoms in total. The van der Waals surface area contributed by atoms with Crippen molar-refractivity contribution in [3.05, 3.63) is 0 Å². The summed E-state index contributed by atoms with van der Waals surface area (Å²) in [4.78, 5) is 12.2. The molecule has 0 aliphatic carbocycles. The zero-order chi connectivity index (χ0) is 9.68. The number of carbonyl (C=O) groups is 1. The maximum absolute atomic E-state index is 10.7. The average molecular weight is 250 g/mol. The van der Waals surface area contributed by atoms with Crippen molar-refractivity contribution in [1.82, 2.24) is 4.90 Å². The fraction of sp³-hybridized carbons (Fsp3) is 0.889. The van der Waals surface area contributed by atoms with E-state index in [2.05, 4.69) is 15.9 Å². The first kappa shape index (κ1) is 10.8. The molecular weight excluding hydrogens is 234 g/mol. The second-order valence-corrected chi connectivity index (χ2v) is 4.36. The standard InChI is InChI=1S/C9H16BrNO2/c10-5-1-3-8-4-2-6-11(7-8)9(12)13/h8H,1-7H2,(H,12,13). The molecule has 0 bridgehead atoms. The topological polar surface area (TPSA) is 40.5 Å². The zero-order valence-corrected chi connectivity index (χ0v) is 9.29. The minimum Gasteiger partial charge on any atom is -0.465 e. The van der Waals surface area contributed by atoms with E-state index in [1.165, 1.54) is 6.42 Å². The summed E-state index contributed by atoms with van der Waals surface area (Å²) in [6.45, 7) is 1.46. The van der Waals surface area contributed by atoms with Crippen molar-refractivity contribution in [2.75, 3.05) is 18.4 Å². The molecule has 4 heteroatoms. The van der Waals surface area contributed by atoms with Crippen molar-refractivity contribution in [2.45, 2.75) is 25.7 Å². The van der Waals surface area contributed by atoms with Gasteiger partial charge < -0.3 is 10.0 Å². The molecule has 0 aromatic rings.